The van der Waals surface area contributed by atoms with Crippen LogP contribution in [0.5, 0.6) is 5.75 Å². The lowest BCUT2D eigenvalue weighted by molar-refractivity contribution is -0.116. The first-order valence-corrected chi connectivity index (χ1v) is 9.10. The van der Waals surface area contributed by atoms with Gasteiger partial charge in [-0.1, -0.05) is 48.9 Å². The molecular formula is C20H23ClN2O4. The van der Waals surface area contributed by atoms with Gasteiger partial charge in [0.25, 0.3) is 0 Å². The van der Waals surface area contributed by atoms with E-state index in [0.717, 1.165) is 5.56 Å². The van der Waals surface area contributed by atoms with Gasteiger partial charge in [0.15, 0.2) is 5.75 Å². The van der Waals surface area contributed by atoms with Crippen molar-refractivity contribution >= 4 is 35.0 Å². The molecule has 6 nitrogen and oxygen atoms in total. The van der Waals surface area contributed by atoms with Crippen molar-refractivity contribution < 1.29 is 19.4 Å². The Balaban J connectivity index is 2.01. The first kappa shape index (κ1) is 20.6. The third-order valence-electron chi connectivity index (χ3n) is 3.95. The van der Waals surface area contributed by atoms with E-state index in [4.69, 9.17) is 16.3 Å². The smallest absolute Gasteiger partial charge is 0.412 e. The molecule has 0 saturated carbocycles. The van der Waals surface area contributed by atoms with Crippen LogP contribution < -0.4 is 10.6 Å². The molecule has 0 aliphatic carbocycles. The molecule has 2 aromatic rings. The third-order valence-corrected chi connectivity index (χ3v) is 4.24. The molecule has 2 amide bonds. The Hall–Kier alpha value is -2.73. The van der Waals surface area contributed by atoms with Crippen LogP contribution in [0.15, 0.2) is 42.5 Å². The molecule has 0 spiro atoms. The van der Waals surface area contributed by atoms with Gasteiger partial charge < -0.3 is 15.2 Å². The highest BCUT2D eigenvalue weighted by Gasteiger charge is 2.15. The minimum atomic E-state index is -0.705. The molecule has 2 rings (SSSR count). The van der Waals surface area contributed by atoms with Crippen molar-refractivity contribution in [3.8, 4) is 5.75 Å². The van der Waals surface area contributed by atoms with E-state index in [1.165, 1.54) is 12.1 Å². The molecule has 1 atom stereocenters. The summed E-state index contributed by atoms with van der Waals surface area (Å²) in [6.45, 7) is 3.65. The van der Waals surface area contributed by atoms with E-state index in [1.807, 2.05) is 37.3 Å². The molecule has 0 radical (unpaired) electrons. The van der Waals surface area contributed by atoms with E-state index in [0.29, 0.717) is 24.9 Å². The Morgan fingerprint density at radius 1 is 1.19 bits per heavy atom. The van der Waals surface area contributed by atoms with Crippen LogP contribution in [-0.4, -0.2) is 23.2 Å². The first-order chi connectivity index (χ1) is 12.9. The van der Waals surface area contributed by atoms with Gasteiger partial charge in [-0.15, -0.1) is 0 Å². The van der Waals surface area contributed by atoms with Crippen LogP contribution in [0.2, 0.25) is 5.02 Å². The van der Waals surface area contributed by atoms with Gasteiger partial charge in [0.05, 0.1) is 10.7 Å². The Morgan fingerprint density at radius 3 is 2.56 bits per heavy atom. The summed E-state index contributed by atoms with van der Waals surface area (Å²) in [5.41, 5.74) is 1.50. The van der Waals surface area contributed by atoms with E-state index in [2.05, 4.69) is 10.6 Å². The molecule has 7 heteroatoms. The summed E-state index contributed by atoms with van der Waals surface area (Å²) < 4.78 is 5.12. The number of ether oxygens (including phenoxy) is 1. The van der Waals surface area contributed by atoms with Crippen LogP contribution >= 0.6 is 11.6 Å². The number of halogens is 1. The van der Waals surface area contributed by atoms with Crippen molar-refractivity contribution in [2.24, 2.45) is 0 Å². The van der Waals surface area contributed by atoms with Crippen LogP contribution in [0.4, 0.5) is 16.2 Å². The van der Waals surface area contributed by atoms with E-state index in [1.54, 1.807) is 6.92 Å². The Morgan fingerprint density at radius 2 is 1.89 bits per heavy atom. The first-order valence-electron chi connectivity index (χ1n) is 8.73. The molecule has 0 bridgehead atoms. The van der Waals surface area contributed by atoms with Crippen LogP contribution in [0.1, 0.15) is 32.3 Å². The van der Waals surface area contributed by atoms with Crippen LogP contribution in [-0.2, 0) is 16.0 Å². The summed E-state index contributed by atoms with van der Waals surface area (Å²) in [4.78, 5) is 24.0. The molecule has 144 valence electrons. The quantitative estimate of drug-likeness (QED) is 0.460. The maximum Gasteiger partial charge on any atom is 0.412 e. The van der Waals surface area contributed by atoms with E-state index < -0.39 is 6.09 Å². The number of carbonyl (C=O) groups is 2. The van der Waals surface area contributed by atoms with E-state index >= 15 is 0 Å². The lowest BCUT2D eigenvalue weighted by atomic mass is 10.1. The zero-order valence-electron chi connectivity index (χ0n) is 15.3. The van der Waals surface area contributed by atoms with Gasteiger partial charge in [0.2, 0.25) is 5.91 Å². The SMILES string of the molecule is CCC(C)OC(=O)Nc1cc(NC(=O)CCc2ccccc2)cc(Cl)c1O. The molecule has 0 fully saturated rings. The summed E-state index contributed by atoms with van der Waals surface area (Å²) in [6.07, 6.45) is 0.593. The summed E-state index contributed by atoms with van der Waals surface area (Å²) in [7, 11) is 0. The zero-order valence-corrected chi connectivity index (χ0v) is 16.0. The highest BCUT2D eigenvalue weighted by atomic mass is 35.5. The Bertz CT molecular complexity index is 796. The minimum Gasteiger partial charge on any atom is -0.504 e. The second-order valence-electron chi connectivity index (χ2n) is 6.14. The van der Waals surface area contributed by atoms with Gasteiger partial charge in [0.1, 0.15) is 6.10 Å². The van der Waals surface area contributed by atoms with Crippen LogP contribution in [0, 0.1) is 0 Å². The highest BCUT2D eigenvalue weighted by Crippen LogP contribution is 2.35. The number of aryl methyl sites for hydroxylation is 1. The molecule has 2 aromatic carbocycles. The van der Waals surface area contributed by atoms with Crippen molar-refractivity contribution in [3.05, 3.63) is 53.1 Å². The van der Waals surface area contributed by atoms with Crippen molar-refractivity contribution in [1.82, 2.24) is 0 Å². The summed E-state index contributed by atoms with van der Waals surface area (Å²) in [6, 6.07) is 12.5. The monoisotopic (exact) mass is 390 g/mol. The normalized spacial score (nSPS) is 11.5. The van der Waals surface area contributed by atoms with Crippen LogP contribution in [0.25, 0.3) is 0 Å². The molecular weight excluding hydrogens is 368 g/mol. The highest BCUT2D eigenvalue weighted by molar-refractivity contribution is 6.33. The third kappa shape index (κ3) is 6.49. The number of phenolic OH excluding ortho intramolecular Hbond substituents is 1. The lowest BCUT2D eigenvalue weighted by Gasteiger charge is -2.14. The van der Waals surface area contributed by atoms with E-state index in [9.17, 15) is 14.7 Å². The lowest BCUT2D eigenvalue weighted by Crippen LogP contribution is -2.20. The molecule has 0 aromatic heterocycles. The standard InChI is InChI=1S/C20H23ClN2O4/c1-3-13(2)27-20(26)23-17-12-15(11-16(21)19(17)25)22-18(24)10-9-14-7-5-4-6-8-14/h4-8,11-13,25H,3,9-10H2,1-2H3,(H,22,24)(H,23,26). The average Bonchev–Trinajstić information content (AvgIpc) is 2.64. The van der Waals surface area contributed by atoms with Crippen molar-refractivity contribution in [1.29, 1.82) is 0 Å². The number of amides is 2. The van der Waals surface area contributed by atoms with Gasteiger partial charge in [-0.25, -0.2) is 4.79 Å². The number of benzene rings is 2. The van der Waals surface area contributed by atoms with Gasteiger partial charge in [-0.3, -0.25) is 10.1 Å². The fraction of sp³-hybridized carbons (Fsp3) is 0.300. The fourth-order valence-corrected chi connectivity index (χ4v) is 2.52. The van der Waals surface area contributed by atoms with Crippen LogP contribution in [0.3, 0.4) is 0 Å². The van der Waals surface area contributed by atoms with Gasteiger partial charge in [-0.05, 0) is 37.5 Å². The molecule has 1 unspecified atom stereocenters. The number of anilines is 2. The predicted octanol–water partition coefficient (Wildman–Crippen LogP) is 4.96. The molecule has 3 N–H and O–H groups in total. The second kappa shape index (κ2) is 9.83. The minimum absolute atomic E-state index is 0.00898. The molecule has 0 saturated heterocycles. The maximum atomic E-state index is 12.2. The fourth-order valence-electron chi connectivity index (χ4n) is 2.30. The Labute approximate surface area is 163 Å². The van der Waals surface area contributed by atoms with Gasteiger partial charge >= 0.3 is 6.09 Å². The van der Waals surface area contributed by atoms with Gasteiger partial charge in [-0.2, -0.15) is 0 Å². The number of hydrogen-bond acceptors (Lipinski definition) is 4. The number of aromatic hydroxyl groups is 1. The number of rotatable bonds is 7. The average molecular weight is 391 g/mol. The largest absolute Gasteiger partial charge is 0.504 e. The van der Waals surface area contributed by atoms with Crippen molar-refractivity contribution in [2.75, 3.05) is 10.6 Å². The molecule has 27 heavy (non-hydrogen) atoms. The summed E-state index contributed by atoms with van der Waals surface area (Å²) in [5.74, 6) is -0.492. The maximum absolute atomic E-state index is 12.2. The number of phenols is 1. The van der Waals surface area contributed by atoms with Gasteiger partial charge in [0, 0.05) is 12.1 Å². The zero-order chi connectivity index (χ0) is 19.8. The number of nitrogens with one attached hydrogen (secondary N) is 2. The second-order valence-corrected chi connectivity index (χ2v) is 6.54. The summed E-state index contributed by atoms with van der Waals surface area (Å²) in [5, 5.41) is 15.2. The van der Waals surface area contributed by atoms with E-state index in [-0.39, 0.29) is 28.5 Å². The predicted molar refractivity (Wildman–Crippen MR) is 106 cm³/mol. The molecule has 0 aliphatic heterocycles. The molecule has 0 heterocycles. The summed E-state index contributed by atoms with van der Waals surface area (Å²) >= 11 is 6.00. The number of hydrogen-bond donors (Lipinski definition) is 3. The Kier molecular flexibility index (Phi) is 7.49. The topological polar surface area (TPSA) is 87.7 Å². The number of carbonyl (C=O) groups excluding carboxylic acids is 2. The van der Waals surface area contributed by atoms with Crippen molar-refractivity contribution in [2.45, 2.75) is 39.2 Å². The molecule has 0 aliphatic rings. The van der Waals surface area contributed by atoms with Crippen molar-refractivity contribution in [3.63, 3.8) is 0 Å².